The maximum Gasteiger partial charge on any atom is 0.180 e. The topological polar surface area (TPSA) is 75.4 Å². The predicted octanol–water partition coefficient (Wildman–Crippen LogP) is 5.15. The number of hydrogen-bond acceptors (Lipinski definition) is 5. The van der Waals surface area contributed by atoms with Gasteiger partial charge in [-0.1, -0.05) is 24.6 Å². The number of rotatable bonds is 4. The molecule has 2 heterocycles. The molecule has 1 aromatic heterocycles. The van der Waals surface area contributed by atoms with Gasteiger partial charge in [0.2, 0.25) is 0 Å². The first kappa shape index (κ1) is 20.1. The van der Waals surface area contributed by atoms with E-state index in [2.05, 4.69) is 4.98 Å². The van der Waals surface area contributed by atoms with Crippen LogP contribution >= 0.6 is 11.6 Å². The molecule has 1 aliphatic rings. The second-order valence-corrected chi connectivity index (χ2v) is 7.32. The number of methoxy groups -OCH3 is 1. The maximum absolute atomic E-state index is 15.3. The minimum atomic E-state index is -1.18. The summed E-state index contributed by atoms with van der Waals surface area (Å²) < 4.78 is 26.6. The molecular weight excluding hydrogens is 407 g/mol. The van der Waals surface area contributed by atoms with Gasteiger partial charge in [0.25, 0.3) is 0 Å². The molecule has 0 bridgehead atoms. The molecular formula is C23H18ClFN2O3. The van der Waals surface area contributed by atoms with Crippen LogP contribution in [0.5, 0.6) is 11.5 Å². The Bertz CT molecular complexity index is 1160. The van der Waals surface area contributed by atoms with Gasteiger partial charge in [-0.15, -0.1) is 0 Å². The van der Waals surface area contributed by atoms with E-state index in [1.807, 2.05) is 19.1 Å². The quantitative estimate of drug-likeness (QED) is 0.626. The first-order valence-corrected chi connectivity index (χ1v) is 9.74. The van der Waals surface area contributed by atoms with Gasteiger partial charge in [0, 0.05) is 27.9 Å². The van der Waals surface area contributed by atoms with Crippen molar-refractivity contribution in [2.45, 2.75) is 25.0 Å². The van der Waals surface area contributed by atoms with Crippen LogP contribution in [-0.4, -0.2) is 17.2 Å². The molecule has 152 valence electrons. The van der Waals surface area contributed by atoms with Crippen LogP contribution in [-0.2, 0) is 5.60 Å². The standard InChI is InChI=1S/C23H18ClFN2O3/c1-3-23(17-6-4-5-11-27-17)22(28)20-15(30-23)10-8-14(24)19(20)18-13(12-26)7-9-16(29-2)21(18)25/h4-11,22,28H,3H2,1-2H3/t22-,23+/m0/s1. The molecule has 30 heavy (non-hydrogen) atoms. The Labute approximate surface area is 178 Å². The van der Waals surface area contributed by atoms with Crippen molar-refractivity contribution in [2.24, 2.45) is 0 Å². The molecule has 0 aliphatic carbocycles. The second-order valence-electron chi connectivity index (χ2n) is 6.91. The van der Waals surface area contributed by atoms with Gasteiger partial charge in [-0.2, -0.15) is 5.26 Å². The van der Waals surface area contributed by atoms with E-state index >= 15 is 4.39 Å². The summed E-state index contributed by atoms with van der Waals surface area (Å²) >= 11 is 6.49. The summed E-state index contributed by atoms with van der Waals surface area (Å²) in [7, 11) is 1.34. The fraction of sp³-hybridized carbons (Fsp3) is 0.217. The number of benzene rings is 2. The smallest absolute Gasteiger partial charge is 0.180 e. The van der Waals surface area contributed by atoms with Gasteiger partial charge in [0.1, 0.15) is 11.9 Å². The summed E-state index contributed by atoms with van der Waals surface area (Å²) in [6.45, 7) is 1.87. The van der Waals surface area contributed by atoms with Crippen LogP contribution in [0.15, 0.2) is 48.7 Å². The Morgan fingerprint density at radius 2 is 2.07 bits per heavy atom. The average molecular weight is 425 g/mol. The summed E-state index contributed by atoms with van der Waals surface area (Å²) in [6, 6.07) is 13.4. The van der Waals surface area contributed by atoms with Crippen molar-refractivity contribution in [3.05, 3.63) is 76.3 Å². The Balaban J connectivity index is 2.01. The van der Waals surface area contributed by atoms with Crippen molar-refractivity contribution < 1.29 is 19.0 Å². The highest BCUT2D eigenvalue weighted by Crippen LogP contribution is 2.55. The van der Waals surface area contributed by atoms with Gasteiger partial charge in [0.15, 0.2) is 17.2 Å². The number of ether oxygens (including phenoxy) is 2. The van der Waals surface area contributed by atoms with Crippen LogP contribution in [0.4, 0.5) is 4.39 Å². The lowest BCUT2D eigenvalue weighted by atomic mass is 9.83. The van der Waals surface area contributed by atoms with Gasteiger partial charge in [-0.3, -0.25) is 4.98 Å². The number of hydrogen-bond donors (Lipinski definition) is 1. The number of nitrogens with zero attached hydrogens (tertiary/aromatic N) is 2. The molecule has 4 rings (SSSR count). The number of nitriles is 1. The zero-order chi connectivity index (χ0) is 21.5. The van der Waals surface area contributed by atoms with E-state index in [1.165, 1.54) is 19.2 Å². The van der Waals surface area contributed by atoms with E-state index in [1.54, 1.807) is 30.5 Å². The highest BCUT2D eigenvalue weighted by molar-refractivity contribution is 6.33. The second kappa shape index (κ2) is 7.60. The molecule has 1 N–H and O–H groups in total. The number of pyridine rings is 1. The largest absolute Gasteiger partial charge is 0.494 e. The van der Waals surface area contributed by atoms with Crippen molar-refractivity contribution in [3.63, 3.8) is 0 Å². The lowest BCUT2D eigenvalue weighted by molar-refractivity contribution is -0.0388. The Hall–Kier alpha value is -3.14. The summed E-state index contributed by atoms with van der Waals surface area (Å²) in [5.41, 5.74) is -0.0492. The van der Waals surface area contributed by atoms with E-state index < -0.39 is 17.5 Å². The molecule has 0 radical (unpaired) electrons. The molecule has 0 fully saturated rings. The molecule has 0 spiro atoms. The third-order valence-electron chi connectivity index (χ3n) is 5.48. The van der Waals surface area contributed by atoms with E-state index in [0.29, 0.717) is 23.4 Å². The number of fused-ring (bicyclic) bond motifs is 1. The number of halogens is 2. The molecule has 0 unspecified atom stereocenters. The average Bonchev–Trinajstić information content (AvgIpc) is 3.07. The number of aromatic nitrogens is 1. The summed E-state index contributed by atoms with van der Waals surface area (Å²) in [4.78, 5) is 4.38. The van der Waals surface area contributed by atoms with Crippen LogP contribution < -0.4 is 9.47 Å². The molecule has 2 aromatic carbocycles. The third-order valence-corrected chi connectivity index (χ3v) is 5.80. The van der Waals surface area contributed by atoms with Crippen molar-refractivity contribution in [3.8, 4) is 28.7 Å². The highest BCUT2D eigenvalue weighted by Gasteiger charge is 2.51. The molecule has 3 aromatic rings. The lowest BCUT2D eigenvalue weighted by Gasteiger charge is -2.30. The molecule has 5 nitrogen and oxygen atoms in total. The molecule has 0 saturated heterocycles. The van der Waals surface area contributed by atoms with Gasteiger partial charge in [-0.05, 0) is 42.8 Å². The monoisotopic (exact) mass is 424 g/mol. The Kier molecular flexibility index (Phi) is 5.10. The number of aliphatic hydroxyl groups excluding tert-OH is 1. The molecule has 1 aliphatic heterocycles. The van der Waals surface area contributed by atoms with Crippen LogP contribution in [0.2, 0.25) is 5.02 Å². The maximum atomic E-state index is 15.3. The highest BCUT2D eigenvalue weighted by atomic mass is 35.5. The first-order chi connectivity index (χ1) is 14.5. The third kappa shape index (κ3) is 2.82. The van der Waals surface area contributed by atoms with Crippen LogP contribution in [0, 0.1) is 17.1 Å². The van der Waals surface area contributed by atoms with Crippen molar-refractivity contribution in [1.29, 1.82) is 5.26 Å². The van der Waals surface area contributed by atoms with Crippen LogP contribution in [0.3, 0.4) is 0 Å². The molecule has 0 saturated carbocycles. The van der Waals surface area contributed by atoms with E-state index in [-0.39, 0.29) is 27.5 Å². The first-order valence-electron chi connectivity index (χ1n) is 9.36. The summed E-state index contributed by atoms with van der Waals surface area (Å²) in [6.07, 6.45) is 0.843. The van der Waals surface area contributed by atoms with E-state index in [0.717, 1.165) is 0 Å². The SMILES string of the molecule is CC[C@]1(c2ccccn2)Oc2ccc(Cl)c(-c3c(C#N)ccc(OC)c3F)c2[C@@H]1O. The fourth-order valence-corrected chi connectivity index (χ4v) is 4.24. The van der Waals surface area contributed by atoms with Crippen LogP contribution in [0.1, 0.15) is 36.3 Å². The molecule has 0 amide bonds. The van der Waals surface area contributed by atoms with E-state index in [4.69, 9.17) is 21.1 Å². The normalized spacial score (nSPS) is 19.7. The summed E-state index contributed by atoms with van der Waals surface area (Å²) in [5.74, 6) is -0.399. The lowest BCUT2D eigenvalue weighted by Crippen LogP contribution is -2.35. The van der Waals surface area contributed by atoms with Crippen molar-refractivity contribution in [1.82, 2.24) is 4.98 Å². The Morgan fingerprint density at radius 1 is 1.27 bits per heavy atom. The number of aliphatic hydroxyl groups is 1. The van der Waals surface area contributed by atoms with Gasteiger partial charge < -0.3 is 14.6 Å². The fourth-order valence-electron chi connectivity index (χ4n) is 3.98. The van der Waals surface area contributed by atoms with E-state index in [9.17, 15) is 10.4 Å². The van der Waals surface area contributed by atoms with Gasteiger partial charge in [0.05, 0.1) is 24.4 Å². The van der Waals surface area contributed by atoms with Crippen molar-refractivity contribution >= 4 is 11.6 Å². The summed E-state index contributed by atoms with van der Waals surface area (Å²) in [5, 5.41) is 21.2. The van der Waals surface area contributed by atoms with Gasteiger partial charge >= 0.3 is 0 Å². The zero-order valence-corrected chi connectivity index (χ0v) is 17.1. The van der Waals surface area contributed by atoms with Crippen molar-refractivity contribution in [2.75, 3.05) is 7.11 Å². The molecule has 2 atom stereocenters. The zero-order valence-electron chi connectivity index (χ0n) is 16.3. The molecule has 7 heteroatoms. The minimum absolute atomic E-state index is 0.0300. The Morgan fingerprint density at radius 3 is 2.70 bits per heavy atom. The van der Waals surface area contributed by atoms with Crippen LogP contribution in [0.25, 0.3) is 11.1 Å². The van der Waals surface area contributed by atoms with Gasteiger partial charge in [-0.25, -0.2) is 4.39 Å². The predicted molar refractivity (Wildman–Crippen MR) is 110 cm³/mol. The minimum Gasteiger partial charge on any atom is -0.494 e.